The summed E-state index contributed by atoms with van der Waals surface area (Å²) in [7, 11) is 0. The van der Waals surface area contributed by atoms with Crippen molar-refractivity contribution in [2.75, 3.05) is 39.4 Å². The number of aliphatic hydroxyl groups excluding tert-OH is 1. The SMILES string of the molecule is CCCCOCC(O)CN1CCCC(NCC)C1. The lowest BCUT2D eigenvalue weighted by molar-refractivity contribution is 0.0104. The molecule has 4 nitrogen and oxygen atoms in total. The topological polar surface area (TPSA) is 44.7 Å². The van der Waals surface area contributed by atoms with Crippen LogP contribution in [0.4, 0.5) is 0 Å². The molecule has 1 aliphatic heterocycles. The number of ether oxygens (including phenoxy) is 1. The highest BCUT2D eigenvalue weighted by atomic mass is 16.5. The second kappa shape index (κ2) is 9.73. The van der Waals surface area contributed by atoms with E-state index in [0.717, 1.165) is 45.6 Å². The Balaban J connectivity index is 2.12. The Morgan fingerprint density at radius 3 is 3.00 bits per heavy atom. The van der Waals surface area contributed by atoms with E-state index in [1.807, 2.05) is 0 Å². The fourth-order valence-corrected chi connectivity index (χ4v) is 2.49. The number of hydrogen-bond acceptors (Lipinski definition) is 4. The lowest BCUT2D eigenvalue weighted by atomic mass is 10.1. The molecule has 2 N–H and O–H groups in total. The molecular weight excluding hydrogens is 228 g/mol. The summed E-state index contributed by atoms with van der Waals surface area (Å²) in [6.45, 7) is 9.47. The van der Waals surface area contributed by atoms with E-state index in [1.54, 1.807) is 0 Å². The summed E-state index contributed by atoms with van der Waals surface area (Å²) in [5.74, 6) is 0. The van der Waals surface area contributed by atoms with Gasteiger partial charge in [0.25, 0.3) is 0 Å². The monoisotopic (exact) mass is 258 g/mol. The third-order valence-corrected chi connectivity index (χ3v) is 3.42. The van der Waals surface area contributed by atoms with Crippen molar-refractivity contribution in [3.05, 3.63) is 0 Å². The first-order chi connectivity index (χ1) is 8.76. The number of aliphatic hydroxyl groups is 1. The van der Waals surface area contributed by atoms with Crippen molar-refractivity contribution >= 4 is 0 Å². The van der Waals surface area contributed by atoms with Crippen molar-refractivity contribution in [2.24, 2.45) is 0 Å². The van der Waals surface area contributed by atoms with Crippen molar-refractivity contribution in [2.45, 2.75) is 51.7 Å². The second-order valence-electron chi connectivity index (χ2n) is 5.24. The quantitative estimate of drug-likeness (QED) is 0.611. The van der Waals surface area contributed by atoms with Crippen LogP contribution in [0.15, 0.2) is 0 Å². The zero-order valence-corrected chi connectivity index (χ0v) is 12.0. The number of likely N-dealkylation sites (N-methyl/N-ethyl adjacent to an activating group) is 1. The minimum atomic E-state index is -0.345. The van der Waals surface area contributed by atoms with Gasteiger partial charge in [0.15, 0.2) is 0 Å². The van der Waals surface area contributed by atoms with Crippen LogP contribution in [-0.2, 0) is 4.74 Å². The van der Waals surface area contributed by atoms with E-state index in [4.69, 9.17) is 4.74 Å². The number of nitrogens with one attached hydrogen (secondary N) is 1. The third kappa shape index (κ3) is 6.69. The number of hydrogen-bond donors (Lipinski definition) is 2. The van der Waals surface area contributed by atoms with Crippen LogP contribution in [0.3, 0.4) is 0 Å². The van der Waals surface area contributed by atoms with Crippen molar-refractivity contribution in [3.63, 3.8) is 0 Å². The number of piperidine rings is 1. The van der Waals surface area contributed by atoms with E-state index >= 15 is 0 Å². The van der Waals surface area contributed by atoms with Crippen molar-refractivity contribution in [1.29, 1.82) is 0 Å². The second-order valence-corrected chi connectivity index (χ2v) is 5.24. The van der Waals surface area contributed by atoms with Crippen LogP contribution in [0, 0.1) is 0 Å². The molecule has 1 rings (SSSR count). The summed E-state index contributed by atoms with van der Waals surface area (Å²) >= 11 is 0. The molecule has 4 heteroatoms. The Kier molecular flexibility index (Phi) is 8.59. The van der Waals surface area contributed by atoms with E-state index in [0.29, 0.717) is 12.6 Å². The predicted octanol–water partition coefficient (Wildman–Crippen LogP) is 1.24. The van der Waals surface area contributed by atoms with Crippen LogP contribution in [0.25, 0.3) is 0 Å². The van der Waals surface area contributed by atoms with Gasteiger partial charge in [-0.25, -0.2) is 0 Å². The van der Waals surface area contributed by atoms with Gasteiger partial charge in [0.05, 0.1) is 12.7 Å². The molecule has 1 fully saturated rings. The molecule has 0 radical (unpaired) electrons. The molecule has 0 aromatic carbocycles. The van der Waals surface area contributed by atoms with E-state index in [1.165, 1.54) is 12.8 Å². The number of nitrogens with zero attached hydrogens (tertiary/aromatic N) is 1. The normalized spacial score (nSPS) is 23.2. The van der Waals surface area contributed by atoms with Gasteiger partial charge in [-0.1, -0.05) is 20.3 Å². The Morgan fingerprint density at radius 2 is 2.28 bits per heavy atom. The maximum atomic E-state index is 9.93. The summed E-state index contributed by atoms with van der Waals surface area (Å²) in [5.41, 5.74) is 0. The molecule has 1 heterocycles. The smallest absolute Gasteiger partial charge is 0.0900 e. The zero-order valence-electron chi connectivity index (χ0n) is 12.0. The molecule has 1 saturated heterocycles. The fraction of sp³-hybridized carbons (Fsp3) is 1.00. The summed E-state index contributed by atoms with van der Waals surface area (Å²) < 4.78 is 5.46. The van der Waals surface area contributed by atoms with Gasteiger partial charge in [0.2, 0.25) is 0 Å². The van der Waals surface area contributed by atoms with Crippen LogP contribution in [-0.4, -0.2) is 61.5 Å². The van der Waals surface area contributed by atoms with Gasteiger partial charge < -0.3 is 15.2 Å². The van der Waals surface area contributed by atoms with Crippen molar-refractivity contribution in [3.8, 4) is 0 Å². The van der Waals surface area contributed by atoms with Gasteiger partial charge >= 0.3 is 0 Å². The number of likely N-dealkylation sites (tertiary alicyclic amines) is 1. The Bertz CT molecular complexity index is 200. The first-order valence-corrected chi connectivity index (χ1v) is 7.47. The number of rotatable bonds is 9. The molecule has 0 aromatic rings. The van der Waals surface area contributed by atoms with Gasteiger partial charge in [-0.2, -0.15) is 0 Å². The van der Waals surface area contributed by atoms with Crippen LogP contribution in [0.2, 0.25) is 0 Å². The van der Waals surface area contributed by atoms with Gasteiger partial charge in [0.1, 0.15) is 0 Å². The molecule has 0 saturated carbocycles. The zero-order chi connectivity index (χ0) is 13.2. The van der Waals surface area contributed by atoms with Crippen LogP contribution in [0.5, 0.6) is 0 Å². The van der Waals surface area contributed by atoms with Gasteiger partial charge in [-0.15, -0.1) is 0 Å². The highest BCUT2D eigenvalue weighted by Gasteiger charge is 2.20. The highest BCUT2D eigenvalue weighted by molar-refractivity contribution is 4.79. The molecule has 0 spiro atoms. The van der Waals surface area contributed by atoms with Gasteiger partial charge in [-0.3, -0.25) is 4.90 Å². The maximum absolute atomic E-state index is 9.93. The molecule has 2 unspecified atom stereocenters. The largest absolute Gasteiger partial charge is 0.389 e. The summed E-state index contributed by atoms with van der Waals surface area (Å²) in [5, 5.41) is 13.4. The van der Waals surface area contributed by atoms with Crippen LogP contribution >= 0.6 is 0 Å². The summed E-state index contributed by atoms with van der Waals surface area (Å²) in [4.78, 5) is 2.35. The predicted molar refractivity (Wildman–Crippen MR) is 74.9 cm³/mol. The maximum Gasteiger partial charge on any atom is 0.0900 e. The molecule has 108 valence electrons. The van der Waals surface area contributed by atoms with E-state index < -0.39 is 0 Å². The van der Waals surface area contributed by atoms with Crippen molar-refractivity contribution in [1.82, 2.24) is 10.2 Å². The Morgan fingerprint density at radius 1 is 1.44 bits per heavy atom. The molecule has 0 aromatic heterocycles. The fourth-order valence-electron chi connectivity index (χ4n) is 2.49. The van der Waals surface area contributed by atoms with Crippen LogP contribution in [0.1, 0.15) is 39.5 Å². The minimum Gasteiger partial charge on any atom is -0.389 e. The molecular formula is C14H30N2O2. The average Bonchev–Trinajstić information content (AvgIpc) is 2.35. The number of unbranched alkanes of at least 4 members (excludes halogenated alkanes) is 1. The Labute approximate surface area is 112 Å². The third-order valence-electron chi connectivity index (χ3n) is 3.42. The molecule has 18 heavy (non-hydrogen) atoms. The van der Waals surface area contributed by atoms with E-state index in [-0.39, 0.29) is 6.10 Å². The lowest BCUT2D eigenvalue weighted by Gasteiger charge is -2.34. The number of β-amino-alcohol motifs (C(OH)–C–C–N with tert-alkyl or cyclic N) is 1. The lowest BCUT2D eigenvalue weighted by Crippen LogP contribution is -2.48. The van der Waals surface area contributed by atoms with E-state index in [9.17, 15) is 5.11 Å². The summed E-state index contributed by atoms with van der Waals surface area (Å²) in [6.07, 6.45) is 4.36. The molecule has 2 atom stereocenters. The Hall–Kier alpha value is -0.160. The van der Waals surface area contributed by atoms with E-state index in [2.05, 4.69) is 24.1 Å². The molecule has 1 aliphatic rings. The van der Waals surface area contributed by atoms with Crippen LogP contribution < -0.4 is 5.32 Å². The molecule has 0 aliphatic carbocycles. The minimum absolute atomic E-state index is 0.345. The van der Waals surface area contributed by atoms with Gasteiger partial charge in [-0.05, 0) is 32.4 Å². The first kappa shape index (κ1) is 15.9. The highest BCUT2D eigenvalue weighted by Crippen LogP contribution is 2.10. The molecule has 0 bridgehead atoms. The standard InChI is InChI=1S/C14H30N2O2/c1-3-5-9-18-12-14(17)11-16-8-6-7-13(10-16)15-4-2/h13-15,17H,3-12H2,1-2H3. The molecule has 0 amide bonds. The average molecular weight is 258 g/mol. The summed E-state index contributed by atoms with van der Waals surface area (Å²) in [6, 6.07) is 0.594. The first-order valence-electron chi connectivity index (χ1n) is 7.47. The van der Waals surface area contributed by atoms with Gasteiger partial charge in [0, 0.05) is 25.7 Å². The van der Waals surface area contributed by atoms with Crippen molar-refractivity contribution < 1.29 is 9.84 Å².